The molecule has 3 rings (SSSR count). The van der Waals surface area contributed by atoms with Crippen LogP contribution in [0.15, 0.2) is 18.5 Å². The number of pyridine rings is 1. The molecule has 2 aliphatic rings. The van der Waals surface area contributed by atoms with E-state index in [1.807, 2.05) is 18.7 Å². The van der Waals surface area contributed by atoms with Crippen molar-refractivity contribution in [3.8, 4) is 5.75 Å². The minimum Gasteiger partial charge on any atom is -0.489 e. The van der Waals surface area contributed by atoms with E-state index in [1.54, 1.807) is 18.5 Å². The Hall–Kier alpha value is -1.58. The van der Waals surface area contributed by atoms with Gasteiger partial charge in [0.1, 0.15) is 0 Å². The molecular formula is C17H24N2O2. The van der Waals surface area contributed by atoms with Gasteiger partial charge in [0, 0.05) is 24.2 Å². The first-order chi connectivity index (χ1) is 9.90. The maximum atomic E-state index is 12.9. The average molecular weight is 288 g/mol. The number of ether oxygens (including phenoxy) is 1. The number of nitrogens with zero attached hydrogens (tertiary/aromatic N) is 2. The Kier molecular flexibility index (Phi) is 3.42. The largest absolute Gasteiger partial charge is 0.489 e. The van der Waals surface area contributed by atoms with Gasteiger partial charge in [0.2, 0.25) is 0 Å². The lowest BCUT2D eigenvalue weighted by Gasteiger charge is -2.55. The summed E-state index contributed by atoms with van der Waals surface area (Å²) in [5, 5.41) is 0. The second-order valence-electron chi connectivity index (χ2n) is 7.24. The third-order valence-corrected chi connectivity index (χ3v) is 4.42. The summed E-state index contributed by atoms with van der Waals surface area (Å²) in [5.41, 5.74) is 0.878. The highest BCUT2D eigenvalue weighted by molar-refractivity contribution is 5.97. The standard InChI is InChI=1S/C17H24N2O2/c1-11(2)21-14-9-18-8-7-13(14)16(20)19-10-17(3,4)15(19)12-5-6-12/h7-9,11-12,15H,5-6,10H2,1-4H3. The summed E-state index contributed by atoms with van der Waals surface area (Å²) in [7, 11) is 0. The second-order valence-corrected chi connectivity index (χ2v) is 7.24. The fourth-order valence-corrected chi connectivity index (χ4v) is 3.50. The van der Waals surface area contributed by atoms with Gasteiger partial charge in [-0.2, -0.15) is 0 Å². The lowest BCUT2D eigenvalue weighted by molar-refractivity contribution is -0.0411. The van der Waals surface area contributed by atoms with Crippen molar-refractivity contribution in [2.45, 2.75) is 52.7 Å². The van der Waals surface area contributed by atoms with Gasteiger partial charge in [0.15, 0.2) is 5.75 Å². The molecule has 21 heavy (non-hydrogen) atoms. The molecule has 1 aromatic heterocycles. The monoisotopic (exact) mass is 288 g/mol. The highest BCUT2D eigenvalue weighted by Crippen LogP contribution is 2.50. The van der Waals surface area contributed by atoms with Gasteiger partial charge >= 0.3 is 0 Å². The zero-order valence-electron chi connectivity index (χ0n) is 13.3. The third kappa shape index (κ3) is 2.63. The molecule has 4 nitrogen and oxygen atoms in total. The third-order valence-electron chi connectivity index (χ3n) is 4.42. The molecule has 0 N–H and O–H groups in total. The van der Waals surface area contributed by atoms with Crippen LogP contribution in [0.5, 0.6) is 5.75 Å². The number of amides is 1. The Bertz CT molecular complexity index is 549. The van der Waals surface area contributed by atoms with Gasteiger partial charge in [-0.25, -0.2) is 0 Å². The van der Waals surface area contributed by atoms with Crippen LogP contribution in [0.25, 0.3) is 0 Å². The molecule has 2 heterocycles. The summed E-state index contributed by atoms with van der Waals surface area (Å²) < 4.78 is 5.74. The van der Waals surface area contributed by atoms with Crippen molar-refractivity contribution in [1.29, 1.82) is 0 Å². The topological polar surface area (TPSA) is 42.4 Å². The summed E-state index contributed by atoms with van der Waals surface area (Å²) >= 11 is 0. The first kappa shape index (κ1) is 14.4. The number of carbonyl (C=O) groups is 1. The van der Waals surface area contributed by atoms with Crippen molar-refractivity contribution in [2.75, 3.05) is 6.54 Å². The van der Waals surface area contributed by atoms with Crippen molar-refractivity contribution in [3.63, 3.8) is 0 Å². The summed E-state index contributed by atoms with van der Waals surface area (Å²) in [6, 6.07) is 2.15. The van der Waals surface area contributed by atoms with E-state index >= 15 is 0 Å². The number of rotatable bonds is 4. The molecule has 1 aliphatic carbocycles. The molecule has 0 aromatic carbocycles. The zero-order chi connectivity index (χ0) is 15.2. The molecule has 1 aliphatic heterocycles. The molecule has 1 atom stereocenters. The smallest absolute Gasteiger partial charge is 0.258 e. The van der Waals surface area contributed by atoms with E-state index in [2.05, 4.69) is 18.8 Å². The zero-order valence-corrected chi connectivity index (χ0v) is 13.3. The Morgan fingerprint density at radius 2 is 2.14 bits per heavy atom. The van der Waals surface area contributed by atoms with Gasteiger partial charge in [-0.1, -0.05) is 13.8 Å². The number of likely N-dealkylation sites (tertiary alicyclic amines) is 1. The van der Waals surface area contributed by atoms with E-state index in [1.165, 1.54) is 12.8 Å². The Morgan fingerprint density at radius 3 is 2.71 bits per heavy atom. The van der Waals surface area contributed by atoms with Crippen LogP contribution in [0.1, 0.15) is 50.9 Å². The molecule has 1 unspecified atom stereocenters. The van der Waals surface area contributed by atoms with Crippen LogP contribution in [0.4, 0.5) is 0 Å². The van der Waals surface area contributed by atoms with E-state index < -0.39 is 0 Å². The number of hydrogen-bond donors (Lipinski definition) is 0. The number of carbonyl (C=O) groups excluding carboxylic acids is 1. The van der Waals surface area contributed by atoms with Crippen molar-refractivity contribution in [2.24, 2.45) is 11.3 Å². The van der Waals surface area contributed by atoms with Crippen molar-refractivity contribution >= 4 is 5.91 Å². The number of aromatic nitrogens is 1. The van der Waals surface area contributed by atoms with Crippen LogP contribution in [0.2, 0.25) is 0 Å². The van der Waals surface area contributed by atoms with Crippen LogP contribution >= 0.6 is 0 Å². The minimum atomic E-state index is 0.0350. The Morgan fingerprint density at radius 1 is 1.43 bits per heavy atom. The van der Waals surface area contributed by atoms with Crippen LogP contribution in [0, 0.1) is 11.3 Å². The summed E-state index contributed by atoms with van der Waals surface area (Å²) in [4.78, 5) is 19.0. The Labute approximate surface area is 126 Å². The molecule has 1 aromatic rings. The fraction of sp³-hybridized carbons (Fsp3) is 0.647. The lowest BCUT2D eigenvalue weighted by Crippen LogP contribution is -2.64. The summed E-state index contributed by atoms with van der Waals surface area (Å²) in [6.07, 6.45) is 5.85. The molecule has 114 valence electrons. The quantitative estimate of drug-likeness (QED) is 0.855. The van der Waals surface area contributed by atoms with Gasteiger partial charge < -0.3 is 9.64 Å². The predicted octanol–water partition coefficient (Wildman–Crippen LogP) is 3.13. The second kappa shape index (κ2) is 5.00. The van der Waals surface area contributed by atoms with Gasteiger partial charge in [0.25, 0.3) is 5.91 Å². The van der Waals surface area contributed by atoms with E-state index in [4.69, 9.17) is 4.74 Å². The van der Waals surface area contributed by atoms with Crippen LogP contribution in [-0.4, -0.2) is 34.5 Å². The molecule has 2 fully saturated rings. The van der Waals surface area contributed by atoms with E-state index in [9.17, 15) is 4.79 Å². The van der Waals surface area contributed by atoms with E-state index in [0.717, 1.165) is 6.54 Å². The first-order valence-corrected chi connectivity index (χ1v) is 7.82. The highest BCUT2D eigenvalue weighted by Gasteiger charge is 2.54. The molecule has 0 spiro atoms. The van der Waals surface area contributed by atoms with Crippen LogP contribution < -0.4 is 4.74 Å². The van der Waals surface area contributed by atoms with Crippen molar-refractivity contribution in [3.05, 3.63) is 24.0 Å². The normalized spacial score (nSPS) is 23.9. The molecule has 4 heteroatoms. The van der Waals surface area contributed by atoms with Gasteiger partial charge in [0.05, 0.1) is 17.9 Å². The highest BCUT2D eigenvalue weighted by atomic mass is 16.5. The summed E-state index contributed by atoms with van der Waals surface area (Å²) in [5.74, 6) is 1.37. The van der Waals surface area contributed by atoms with Crippen molar-refractivity contribution in [1.82, 2.24) is 9.88 Å². The average Bonchev–Trinajstić information content (AvgIpc) is 3.20. The molecule has 1 amide bonds. The fourth-order valence-electron chi connectivity index (χ4n) is 3.50. The minimum absolute atomic E-state index is 0.0350. The predicted molar refractivity (Wildman–Crippen MR) is 81.3 cm³/mol. The number of hydrogen-bond acceptors (Lipinski definition) is 3. The molecule has 0 bridgehead atoms. The maximum absolute atomic E-state index is 12.9. The van der Waals surface area contributed by atoms with E-state index in [-0.39, 0.29) is 17.4 Å². The van der Waals surface area contributed by atoms with Gasteiger partial charge in [-0.15, -0.1) is 0 Å². The maximum Gasteiger partial charge on any atom is 0.258 e. The van der Waals surface area contributed by atoms with Crippen LogP contribution in [-0.2, 0) is 0 Å². The van der Waals surface area contributed by atoms with Crippen LogP contribution in [0.3, 0.4) is 0 Å². The Balaban J connectivity index is 1.83. The molecule has 1 saturated heterocycles. The molecular weight excluding hydrogens is 264 g/mol. The van der Waals surface area contributed by atoms with Gasteiger partial charge in [-0.3, -0.25) is 9.78 Å². The molecule has 1 saturated carbocycles. The SMILES string of the molecule is CC(C)Oc1cnccc1C(=O)N1CC(C)(C)C1C1CC1. The summed E-state index contributed by atoms with van der Waals surface area (Å²) in [6.45, 7) is 9.27. The molecule has 0 radical (unpaired) electrons. The van der Waals surface area contributed by atoms with E-state index in [0.29, 0.717) is 23.3 Å². The van der Waals surface area contributed by atoms with Crippen molar-refractivity contribution < 1.29 is 9.53 Å². The first-order valence-electron chi connectivity index (χ1n) is 7.82. The van der Waals surface area contributed by atoms with Gasteiger partial charge in [-0.05, 0) is 38.7 Å². The lowest BCUT2D eigenvalue weighted by atomic mass is 9.72.